The number of carbonyl (C=O) groups excluding carboxylic acids is 2. The molecule has 2 amide bonds. The number of ether oxygens (including phenoxy) is 3. The Morgan fingerprint density at radius 3 is 2.35 bits per heavy atom. The number of methoxy groups -OCH3 is 1. The van der Waals surface area contributed by atoms with Crippen molar-refractivity contribution in [3.63, 3.8) is 0 Å². The monoisotopic (exact) mass is 532 g/mol. The van der Waals surface area contributed by atoms with Crippen LogP contribution in [0.5, 0.6) is 11.5 Å². The van der Waals surface area contributed by atoms with E-state index in [0.717, 1.165) is 12.8 Å². The molecule has 10 nitrogen and oxygen atoms in total. The Hall–Kier alpha value is -3.15. The van der Waals surface area contributed by atoms with Crippen molar-refractivity contribution in [2.45, 2.75) is 35.3 Å². The molecule has 200 valence electrons. The van der Waals surface area contributed by atoms with Gasteiger partial charge in [-0.2, -0.15) is 0 Å². The molecule has 1 unspecified atom stereocenters. The van der Waals surface area contributed by atoms with Gasteiger partial charge in [0, 0.05) is 37.8 Å². The smallest absolute Gasteiger partial charge is 0.265 e. The van der Waals surface area contributed by atoms with Crippen molar-refractivity contribution in [1.29, 1.82) is 0 Å². The second-order valence-electron chi connectivity index (χ2n) is 9.32. The molecule has 0 aliphatic carbocycles. The molecule has 37 heavy (non-hydrogen) atoms. The SMILES string of the molecule is COc1ccc(C(=O)N2CCCC(COc3ccc(S(=O)(=O)C4(C(=O)NO)CCOCC4)cc3)C2)cc1. The summed E-state index contributed by atoms with van der Waals surface area (Å²) in [4.78, 5) is 27.1. The fourth-order valence-electron chi connectivity index (χ4n) is 4.88. The first-order chi connectivity index (χ1) is 17.8. The third-order valence-corrected chi connectivity index (χ3v) is 9.61. The second kappa shape index (κ2) is 11.5. The molecule has 2 aliphatic heterocycles. The van der Waals surface area contributed by atoms with Crippen LogP contribution in [-0.4, -0.2) is 75.1 Å². The van der Waals surface area contributed by atoms with E-state index in [1.54, 1.807) is 43.5 Å². The lowest BCUT2D eigenvalue weighted by Crippen LogP contribution is -2.54. The van der Waals surface area contributed by atoms with Gasteiger partial charge in [-0.3, -0.25) is 14.8 Å². The van der Waals surface area contributed by atoms with Gasteiger partial charge in [0.05, 0.1) is 18.6 Å². The maximum Gasteiger partial charge on any atom is 0.265 e. The average Bonchev–Trinajstić information content (AvgIpc) is 2.96. The average molecular weight is 533 g/mol. The summed E-state index contributed by atoms with van der Waals surface area (Å²) >= 11 is 0. The number of amides is 2. The van der Waals surface area contributed by atoms with Gasteiger partial charge in [0.2, 0.25) is 0 Å². The van der Waals surface area contributed by atoms with Crippen LogP contribution in [0.2, 0.25) is 0 Å². The first kappa shape index (κ1) is 26.9. The van der Waals surface area contributed by atoms with E-state index in [4.69, 9.17) is 14.2 Å². The van der Waals surface area contributed by atoms with Crippen LogP contribution in [0.3, 0.4) is 0 Å². The molecule has 11 heteroatoms. The van der Waals surface area contributed by atoms with Crippen LogP contribution in [-0.2, 0) is 19.4 Å². The van der Waals surface area contributed by atoms with Gasteiger partial charge >= 0.3 is 0 Å². The van der Waals surface area contributed by atoms with Gasteiger partial charge in [0.15, 0.2) is 14.6 Å². The largest absolute Gasteiger partial charge is 0.497 e. The third-order valence-electron chi connectivity index (χ3n) is 7.09. The lowest BCUT2D eigenvalue weighted by molar-refractivity contribution is -0.134. The van der Waals surface area contributed by atoms with E-state index in [2.05, 4.69) is 0 Å². The number of hydrogen-bond acceptors (Lipinski definition) is 8. The predicted molar refractivity (Wildman–Crippen MR) is 133 cm³/mol. The molecule has 1 atom stereocenters. The summed E-state index contributed by atoms with van der Waals surface area (Å²) in [6.45, 7) is 1.84. The number of carbonyl (C=O) groups is 2. The van der Waals surface area contributed by atoms with Crippen molar-refractivity contribution < 1.29 is 37.4 Å². The van der Waals surface area contributed by atoms with Gasteiger partial charge in [-0.1, -0.05) is 0 Å². The Morgan fingerprint density at radius 2 is 1.73 bits per heavy atom. The van der Waals surface area contributed by atoms with Gasteiger partial charge in [0.25, 0.3) is 11.8 Å². The standard InChI is InChI=1S/C26H32N2O8S/c1-34-21-6-4-20(5-7-21)24(29)28-14-2-3-19(17-28)18-36-22-8-10-23(11-9-22)37(32,33)26(25(30)27-31)12-15-35-16-13-26/h4-11,19,31H,2-3,12-18H2,1H3,(H,27,30). The number of piperidine rings is 1. The minimum Gasteiger partial charge on any atom is -0.497 e. The molecule has 2 saturated heterocycles. The summed E-state index contributed by atoms with van der Waals surface area (Å²) < 4.78 is 41.3. The van der Waals surface area contributed by atoms with Gasteiger partial charge in [-0.15, -0.1) is 0 Å². The molecule has 2 aromatic rings. The van der Waals surface area contributed by atoms with E-state index in [1.165, 1.54) is 17.6 Å². The highest BCUT2D eigenvalue weighted by atomic mass is 32.2. The number of nitrogens with zero attached hydrogens (tertiary/aromatic N) is 1. The molecule has 2 heterocycles. The van der Waals surface area contributed by atoms with Crippen LogP contribution in [0.4, 0.5) is 0 Å². The molecular weight excluding hydrogens is 500 g/mol. The van der Waals surface area contributed by atoms with E-state index in [-0.39, 0.29) is 42.8 Å². The van der Waals surface area contributed by atoms with Crippen LogP contribution >= 0.6 is 0 Å². The summed E-state index contributed by atoms with van der Waals surface area (Å²) in [7, 11) is -2.51. The molecule has 2 fully saturated rings. The first-order valence-corrected chi connectivity index (χ1v) is 13.7. The second-order valence-corrected chi connectivity index (χ2v) is 11.6. The maximum absolute atomic E-state index is 13.4. The summed E-state index contributed by atoms with van der Waals surface area (Å²) in [5.41, 5.74) is 2.12. The maximum atomic E-state index is 13.4. The van der Waals surface area contributed by atoms with Crippen molar-refractivity contribution in [2.24, 2.45) is 5.92 Å². The summed E-state index contributed by atoms with van der Waals surface area (Å²) in [6, 6.07) is 13.0. The van der Waals surface area contributed by atoms with Gasteiger partial charge in [-0.25, -0.2) is 13.9 Å². The quantitative estimate of drug-likeness (QED) is 0.392. The summed E-state index contributed by atoms with van der Waals surface area (Å²) in [6.07, 6.45) is 1.69. The fraction of sp³-hybridized carbons (Fsp3) is 0.462. The molecule has 2 aromatic carbocycles. The minimum atomic E-state index is -4.09. The van der Waals surface area contributed by atoms with Crippen molar-refractivity contribution in [2.75, 3.05) is 40.0 Å². The molecular formula is C26H32N2O8S. The van der Waals surface area contributed by atoms with Crippen molar-refractivity contribution in [1.82, 2.24) is 10.4 Å². The minimum absolute atomic E-state index is 0.0284. The van der Waals surface area contributed by atoms with Gasteiger partial charge in [-0.05, 0) is 74.2 Å². The van der Waals surface area contributed by atoms with Gasteiger partial charge < -0.3 is 19.1 Å². The van der Waals surface area contributed by atoms with E-state index in [0.29, 0.717) is 36.8 Å². The molecule has 0 saturated carbocycles. The number of rotatable bonds is 8. The lowest BCUT2D eigenvalue weighted by atomic mass is 9.98. The van der Waals surface area contributed by atoms with E-state index < -0.39 is 20.5 Å². The third kappa shape index (κ3) is 5.58. The Bertz CT molecular complexity index is 1190. The van der Waals surface area contributed by atoms with E-state index >= 15 is 0 Å². The summed E-state index contributed by atoms with van der Waals surface area (Å²) in [5, 5.41) is 9.18. The van der Waals surface area contributed by atoms with Gasteiger partial charge in [0.1, 0.15) is 11.5 Å². The molecule has 0 spiro atoms. The number of likely N-dealkylation sites (tertiary alicyclic amines) is 1. The lowest BCUT2D eigenvalue weighted by Gasteiger charge is -2.34. The molecule has 4 rings (SSSR count). The topological polar surface area (TPSA) is 131 Å². The van der Waals surface area contributed by atoms with E-state index in [1.807, 2.05) is 4.90 Å². The Balaban J connectivity index is 1.38. The Kier molecular flexibility index (Phi) is 8.35. The van der Waals surface area contributed by atoms with Crippen molar-refractivity contribution in [3.8, 4) is 11.5 Å². The van der Waals surface area contributed by atoms with Crippen LogP contribution in [0, 0.1) is 5.92 Å². The summed E-state index contributed by atoms with van der Waals surface area (Å²) in [5.74, 6) is 0.334. The first-order valence-electron chi connectivity index (χ1n) is 12.2. The Labute approximate surface area is 216 Å². The van der Waals surface area contributed by atoms with Crippen LogP contribution < -0.4 is 15.0 Å². The highest BCUT2D eigenvalue weighted by Crippen LogP contribution is 2.36. The number of hydrogen-bond donors (Lipinski definition) is 2. The van der Waals surface area contributed by atoms with Crippen LogP contribution in [0.15, 0.2) is 53.4 Å². The molecule has 2 aliphatic rings. The number of benzene rings is 2. The number of nitrogens with one attached hydrogen (secondary N) is 1. The van der Waals surface area contributed by atoms with Crippen molar-refractivity contribution in [3.05, 3.63) is 54.1 Å². The highest BCUT2D eigenvalue weighted by Gasteiger charge is 2.52. The molecule has 2 N–H and O–H groups in total. The molecule has 0 aromatic heterocycles. The fourth-order valence-corrected chi connectivity index (χ4v) is 6.82. The normalized spacial score (nSPS) is 19.6. The zero-order chi connectivity index (χ0) is 26.5. The number of sulfone groups is 1. The Morgan fingerprint density at radius 1 is 1.08 bits per heavy atom. The van der Waals surface area contributed by atoms with E-state index in [9.17, 15) is 23.2 Å². The predicted octanol–water partition coefficient (Wildman–Crippen LogP) is 2.45. The molecule has 0 bridgehead atoms. The zero-order valence-electron chi connectivity index (χ0n) is 20.7. The van der Waals surface area contributed by atoms with Crippen molar-refractivity contribution >= 4 is 21.7 Å². The van der Waals surface area contributed by atoms with Crippen LogP contribution in [0.1, 0.15) is 36.0 Å². The zero-order valence-corrected chi connectivity index (χ0v) is 21.5. The molecule has 0 radical (unpaired) electrons. The number of hydroxylamine groups is 1. The highest BCUT2D eigenvalue weighted by molar-refractivity contribution is 7.93. The van der Waals surface area contributed by atoms with Crippen LogP contribution in [0.25, 0.3) is 0 Å².